The van der Waals surface area contributed by atoms with Gasteiger partial charge in [-0.15, -0.1) is 11.8 Å². The van der Waals surface area contributed by atoms with Crippen LogP contribution in [0, 0.1) is 30.6 Å². The fourth-order valence-corrected chi connectivity index (χ4v) is 13.2. The maximum atomic E-state index is 15.4. The molecule has 1 amide bonds. The van der Waals surface area contributed by atoms with E-state index in [1.807, 2.05) is 39.5 Å². The average molecular weight is 995 g/mol. The van der Waals surface area contributed by atoms with Crippen LogP contribution in [0.4, 0.5) is 4.79 Å². The fraction of sp³-hybridized carbons (Fsp3) is 0.528. The molecule has 378 valence electrons. The van der Waals surface area contributed by atoms with Crippen molar-refractivity contribution in [3.63, 3.8) is 0 Å². The van der Waals surface area contributed by atoms with Gasteiger partial charge in [0, 0.05) is 47.9 Å². The molecule has 3 aromatic rings. The van der Waals surface area contributed by atoms with Crippen LogP contribution < -0.4 is 38.5 Å². The molecule has 0 radical (unpaired) electrons. The van der Waals surface area contributed by atoms with Gasteiger partial charge in [0.05, 0.1) is 49.7 Å². The molecular formula is C53H62N4O13S. The Hall–Kier alpha value is -6.16. The second kappa shape index (κ2) is 18.5. The number of nitriles is 1. The minimum atomic E-state index is -1.53. The van der Waals surface area contributed by atoms with Gasteiger partial charge in [0.25, 0.3) is 0 Å². The lowest BCUT2D eigenvalue weighted by Gasteiger charge is -2.62. The van der Waals surface area contributed by atoms with Crippen molar-refractivity contribution >= 4 is 35.8 Å². The summed E-state index contributed by atoms with van der Waals surface area (Å²) in [6.45, 7) is 20.3. The molecule has 4 bridgehead atoms. The lowest BCUT2D eigenvalue weighted by atomic mass is 9.70. The van der Waals surface area contributed by atoms with Crippen molar-refractivity contribution in [3.8, 4) is 46.3 Å². The first-order valence-corrected chi connectivity index (χ1v) is 24.9. The van der Waals surface area contributed by atoms with E-state index >= 15 is 9.59 Å². The molecule has 0 saturated carbocycles. The van der Waals surface area contributed by atoms with E-state index in [0.717, 1.165) is 16.7 Å². The Bertz CT molecular complexity index is 2780. The summed E-state index contributed by atoms with van der Waals surface area (Å²) in [5.41, 5.74) is 2.62. The second-order valence-electron chi connectivity index (χ2n) is 21.1. The number of piperazine rings is 1. The van der Waals surface area contributed by atoms with Gasteiger partial charge in [0.1, 0.15) is 30.6 Å². The van der Waals surface area contributed by atoms with Gasteiger partial charge in [-0.2, -0.15) is 5.26 Å². The first-order chi connectivity index (χ1) is 33.7. The standard InChI is InChI=1S/C53H62N4O13S/c1-13-16-64-46-38-30(17-26(2)43(46)63-12)18-32-33(22-54)56-34-23-65-49(60)53(31-20-35(62-11)36(19-29(31)14-15-55-53)69-50(61)70-52(8,9)10)24-71-48(42(56)41(38)57(32)37(59)21-51(5,6)7)40-39(34)47-45(66-25-67-47)27(3)44(40)68-28(4)58/h13,17,19-20,32-34,41-42,48,55H,1,14-16,18,21,23-25H2,2-12H3/t32-,33+,34+,41-,42?,48-,53-/m1/s1. The molecule has 0 aliphatic carbocycles. The van der Waals surface area contributed by atoms with E-state index in [1.165, 1.54) is 25.8 Å². The molecule has 7 heterocycles. The Morgan fingerprint density at radius 2 is 1.70 bits per heavy atom. The molecule has 18 heteroatoms. The molecule has 1 N–H and O–H groups in total. The van der Waals surface area contributed by atoms with Crippen molar-refractivity contribution in [1.82, 2.24) is 15.1 Å². The minimum absolute atomic E-state index is 0.0214. The summed E-state index contributed by atoms with van der Waals surface area (Å²) < 4.78 is 55.2. The molecule has 0 aromatic heterocycles. The first-order valence-electron chi connectivity index (χ1n) is 23.9. The van der Waals surface area contributed by atoms with E-state index in [-0.39, 0.29) is 55.3 Å². The predicted molar refractivity (Wildman–Crippen MR) is 260 cm³/mol. The Kier molecular flexibility index (Phi) is 13.0. The normalized spacial score (nSPS) is 25.0. The molecule has 2 saturated heterocycles. The van der Waals surface area contributed by atoms with Crippen LogP contribution >= 0.6 is 11.8 Å². The highest BCUT2D eigenvalue weighted by molar-refractivity contribution is 7.99. The number of nitrogens with zero attached hydrogens (tertiary/aromatic N) is 3. The summed E-state index contributed by atoms with van der Waals surface area (Å²) >= 11 is 1.41. The SMILES string of the molecule is C=CCOc1c(OC)c(C)cc2c1[C@@H]1C3[C@@H]4SC[C@]5(NCCc6cc(OC(=O)OC(C)(C)C)c(OC)cc65)C(=O)OC[C@@H](c5c6c(c(C)c(OC(C)=O)c54)OCO6)N3[C@@H](C#N)[C@@H](C2)N1C(=O)CC(C)(C)C. The molecule has 7 atom stereocenters. The lowest BCUT2D eigenvalue weighted by Crippen LogP contribution is -2.71. The summed E-state index contributed by atoms with van der Waals surface area (Å²) in [5, 5.41) is 14.4. The van der Waals surface area contributed by atoms with Gasteiger partial charge in [-0.3, -0.25) is 19.8 Å². The fourth-order valence-electron chi connectivity index (χ4n) is 11.5. The van der Waals surface area contributed by atoms with Crippen molar-refractivity contribution in [3.05, 3.63) is 75.4 Å². The van der Waals surface area contributed by atoms with E-state index in [4.69, 9.17) is 42.6 Å². The minimum Gasteiger partial charge on any atom is -0.493 e. The maximum Gasteiger partial charge on any atom is 0.514 e. The van der Waals surface area contributed by atoms with Crippen molar-refractivity contribution in [2.24, 2.45) is 5.41 Å². The maximum absolute atomic E-state index is 15.4. The third-order valence-corrected chi connectivity index (χ3v) is 15.5. The van der Waals surface area contributed by atoms with Crippen LogP contribution in [0.15, 0.2) is 30.9 Å². The highest BCUT2D eigenvalue weighted by Crippen LogP contribution is 2.65. The molecule has 7 aliphatic rings. The number of aryl methyl sites for hydroxylation is 1. The van der Waals surface area contributed by atoms with E-state index < -0.39 is 70.1 Å². The third-order valence-electron chi connectivity index (χ3n) is 14.0. The van der Waals surface area contributed by atoms with E-state index in [2.05, 4.69) is 28.9 Å². The van der Waals surface area contributed by atoms with Crippen LogP contribution in [-0.2, 0) is 42.2 Å². The Morgan fingerprint density at radius 1 is 0.958 bits per heavy atom. The topological polar surface area (TPSA) is 194 Å². The molecule has 1 unspecified atom stereocenters. The number of esters is 2. The number of rotatable bonds is 8. The summed E-state index contributed by atoms with van der Waals surface area (Å²) in [6.07, 6.45) is 1.68. The zero-order valence-electron chi connectivity index (χ0n) is 42.2. The Balaban J connectivity index is 1.32. The van der Waals surface area contributed by atoms with Gasteiger partial charge in [-0.1, -0.05) is 39.5 Å². The average Bonchev–Trinajstić information content (AvgIpc) is 3.79. The zero-order valence-corrected chi connectivity index (χ0v) is 43.0. The number of hydrogen-bond donors (Lipinski definition) is 1. The van der Waals surface area contributed by atoms with Crippen LogP contribution in [0.2, 0.25) is 0 Å². The van der Waals surface area contributed by atoms with E-state index in [1.54, 1.807) is 46.1 Å². The van der Waals surface area contributed by atoms with Crippen LogP contribution in [0.5, 0.6) is 40.2 Å². The highest BCUT2D eigenvalue weighted by Gasteiger charge is 2.63. The number of benzene rings is 3. The van der Waals surface area contributed by atoms with Gasteiger partial charge >= 0.3 is 18.1 Å². The number of amides is 1. The molecule has 3 aromatic carbocycles. The van der Waals surface area contributed by atoms with E-state index in [0.29, 0.717) is 70.2 Å². The number of carbonyl (C=O) groups excluding carboxylic acids is 4. The summed E-state index contributed by atoms with van der Waals surface area (Å²) in [6, 6.07) is 4.02. The number of carbonyl (C=O) groups is 4. The predicted octanol–water partition coefficient (Wildman–Crippen LogP) is 7.79. The molecular weight excluding hydrogens is 933 g/mol. The van der Waals surface area contributed by atoms with Crippen LogP contribution in [-0.4, -0.2) is 104 Å². The second-order valence-corrected chi connectivity index (χ2v) is 22.2. The van der Waals surface area contributed by atoms with Gasteiger partial charge in [0.2, 0.25) is 12.7 Å². The molecule has 2 fully saturated rings. The lowest BCUT2D eigenvalue weighted by molar-refractivity contribution is -0.162. The number of fused-ring (bicyclic) bond motifs is 9. The Morgan fingerprint density at radius 3 is 2.37 bits per heavy atom. The van der Waals surface area contributed by atoms with Gasteiger partial charge in [-0.25, -0.2) is 9.59 Å². The largest absolute Gasteiger partial charge is 0.514 e. The number of ether oxygens (including phenoxy) is 9. The van der Waals surface area contributed by atoms with Crippen molar-refractivity contribution in [2.45, 2.75) is 128 Å². The summed E-state index contributed by atoms with van der Waals surface area (Å²) in [5.74, 6) is 1.02. The molecule has 7 aliphatic heterocycles. The van der Waals surface area contributed by atoms with Gasteiger partial charge in [-0.05, 0) is 87.3 Å². The number of nitrogens with one attached hydrogen (secondary N) is 1. The van der Waals surface area contributed by atoms with Crippen LogP contribution in [0.1, 0.15) is 117 Å². The summed E-state index contributed by atoms with van der Waals surface area (Å²) in [7, 11) is 3.03. The number of thioether (sulfide) groups is 1. The van der Waals surface area contributed by atoms with Crippen molar-refractivity contribution < 1.29 is 61.8 Å². The highest BCUT2D eigenvalue weighted by atomic mass is 32.2. The van der Waals surface area contributed by atoms with E-state index in [9.17, 15) is 14.9 Å². The molecule has 71 heavy (non-hydrogen) atoms. The van der Waals surface area contributed by atoms with Gasteiger partial charge in [0.15, 0.2) is 40.0 Å². The van der Waals surface area contributed by atoms with Crippen molar-refractivity contribution in [1.29, 1.82) is 5.26 Å². The summed E-state index contributed by atoms with van der Waals surface area (Å²) in [4.78, 5) is 61.1. The zero-order chi connectivity index (χ0) is 51.1. The smallest absolute Gasteiger partial charge is 0.493 e. The quantitative estimate of drug-likeness (QED) is 0.0994. The van der Waals surface area contributed by atoms with Crippen LogP contribution in [0.25, 0.3) is 0 Å². The number of hydrogen-bond acceptors (Lipinski definition) is 17. The van der Waals surface area contributed by atoms with Crippen LogP contribution in [0.3, 0.4) is 0 Å². The first kappa shape index (κ1) is 49.8. The number of methoxy groups -OCH3 is 2. The molecule has 10 rings (SSSR count). The Labute approximate surface area is 418 Å². The van der Waals surface area contributed by atoms with Gasteiger partial charge < -0.3 is 47.5 Å². The molecule has 17 nitrogen and oxygen atoms in total. The monoisotopic (exact) mass is 994 g/mol. The third kappa shape index (κ3) is 8.46. The van der Waals surface area contributed by atoms with Crippen molar-refractivity contribution in [2.75, 3.05) is 46.5 Å². The molecule has 1 spiro atoms.